The van der Waals surface area contributed by atoms with Crippen molar-refractivity contribution in [1.29, 1.82) is 0 Å². The molecule has 1 rings (SSSR count). The lowest BCUT2D eigenvalue weighted by Crippen LogP contribution is -2.15. The summed E-state index contributed by atoms with van der Waals surface area (Å²) >= 11 is 10.5. The van der Waals surface area contributed by atoms with Gasteiger partial charge in [-0.25, -0.2) is 18.0 Å². The Morgan fingerprint density at radius 2 is 1.56 bits per heavy atom. The molecular weight excluding hydrogens is 272 g/mol. The molecule has 3 nitrogen and oxygen atoms in total. The summed E-state index contributed by atoms with van der Waals surface area (Å²) in [6.45, 7) is 0. The molecule has 0 bridgehead atoms. The van der Waals surface area contributed by atoms with E-state index in [1.54, 1.807) is 0 Å². The molecule has 1 aromatic carbocycles. The van der Waals surface area contributed by atoms with E-state index < -0.39 is 45.1 Å². The summed E-state index contributed by atoms with van der Waals surface area (Å²) in [6.07, 6.45) is -2.43. The number of rotatable bonds is 2. The van der Waals surface area contributed by atoms with Crippen molar-refractivity contribution in [2.45, 2.75) is 6.10 Å². The molecule has 1 aromatic rings. The van der Waals surface area contributed by atoms with E-state index >= 15 is 0 Å². The molecule has 2 N–H and O–H groups in total. The molecule has 0 radical (unpaired) electrons. The zero-order valence-corrected chi connectivity index (χ0v) is 8.78. The second-order valence-corrected chi connectivity index (χ2v) is 3.48. The van der Waals surface area contributed by atoms with Crippen LogP contribution in [0.2, 0.25) is 10.0 Å². The molecule has 1 unspecified atom stereocenters. The number of carboxylic acids is 1. The van der Waals surface area contributed by atoms with E-state index in [1.165, 1.54) is 0 Å². The lowest BCUT2D eigenvalue weighted by Gasteiger charge is -2.12. The molecule has 0 spiro atoms. The first kappa shape index (κ1) is 13.1. The number of halogens is 5. The van der Waals surface area contributed by atoms with Crippen LogP contribution < -0.4 is 0 Å². The van der Waals surface area contributed by atoms with Gasteiger partial charge in [0.25, 0.3) is 0 Å². The van der Waals surface area contributed by atoms with Crippen LogP contribution in [0.3, 0.4) is 0 Å². The van der Waals surface area contributed by atoms with Crippen LogP contribution in [-0.2, 0) is 4.79 Å². The highest BCUT2D eigenvalue weighted by Gasteiger charge is 2.30. The Bertz CT molecular complexity index is 435. The fourth-order valence-corrected chi connectivity index (χ4v) is 1.44. The van der Waals surface area contributed by atoms with E-state index in [4.69, 9.17) is 33.4 Å². The van der Waals surface area contributed by atoms with Gasteiger partial charge in [-0.1, -0.05) is 23.2 Å². The Labute approximate surface area is 97.0 Å². The molecular formula is C8H3Cl2F3O3. The second kappa shape index (κ2) is 4.48. The Hall–Kier alpha value is -0.980. The molecule has 16 heavy (non-hydrogen) atoms. The number of aliphatic carboxylic acids is 1. The molecule has 8 heteroatoms. The van der Waals surface area contributed by atoms with Gasteiger partial charge in [0.05, 0.1) is 15.6 Å². The molecule has 0 aliphatic carbocycles. The first-order valence-electron chi connectivity index (χ1n) is 3.71. The Kier molecular flexibility index (Phi) is 3.67. The lowest BCUT2D eigenvalue weighted by atomic mass is 10.1. The van der Waals surface area contributed by atoms with Crippen LogP contribution in [0.5, 0.6) is 0 Å². The minimum atomic E-state index is -2.43. The van der Waals surface area contributed by atoms with Gasteiger partial charge >= 0.3 is 5.97 Å². The molecule has 1 atom stereocenters. The van der Waals surface area contributed by atoms with Crippen molar-refractivity contribution < 1.29 is 28.2 Å². The molecule has 0 fully saturated rings. The zero-order chi connectivity index (χ0) is 12.6. The average Bonchev–Trinajstić information content (AvgIpc) is 2.23. The Morgan fingerprint density at radius 3 is 2.00 bits per heavy atom. The number of benzene rings is 1. The maximum absolute atomic E-state index is 13.1. The highest BCUT2D eigenvalue weighted by molar-refractivity contribution is 6.42. The van der Waals surface area contributed by atoms with Crippen molar-refractivity contribution in [3.05, 3.63) is 33.1 Å². The summed E-state index contributed by atoms with van der Waals surface area (Å²) in [5, 5.41) is 15.6. The van der Waals surface area contributed by atoms with E-state index in [1.807, 2.05) is 0 Å². The molecule has 88 valence electrons. The fourth-order valence-electron chi connectivity index (χ4n) is 0.985. The highest BCUT2D eigenvalue weighted by Crippen LogP contribution is 2.36. The van der Waals surface area contributed by atoms with Crippen LogP contribution in [0, 0.1) is 17.5 Å². The highest BCUT2D eigenvalue weighted by atomic mass is 35.5. The van der Waals surface area contributed by atoms with E-state index in [0.29, 0.717) is 0 Å². The third-order valence-electron chi connectivity index (χ3n) is 1.75. The Balaban J connectivity index is 3.57. The monoisotopic (exact) mass is 274 g/mol. The number of aliphatic hydroxyl groups is 1. The van der Waals surface area contributed by atoms with Gasteiger partial charge in [0.1, 0.15) is 0 Å². The maximum atomic E-state index is 13.1. The SMILES string of the molecule is O=C(O)C(O)c1c(F)c(F)c(F)c(Cl)c1Cl. The average molecular weight is 275 g/mol. The molecule has 0 aliphatic heterocycles. The molecule has 0 aliphatic rings. The van der Waals surface area contributed by atoms with Gasteiger partial charge in [0.15, 0.2) is 23.6 Å². The summed E-state index contributed by atoms with van der Waals surface area (Å²) in [5.41, 5.74) is -1.11. The van der Waals surface area contributed by atoms with Crippen LogP contribution in [0.15, 0.2) is 0 Å². The van der Waals surface area contributed by atoms with Gasteiger partial charge < -0.3 is 10.2 Å². The summed E-state index contributed by atoms with van der Waals surface area (Å²) in [7, 11) is 0. The van der Waals surface area contributed by atoms with Gasteiger partial charge in [-0.3, -0.25) is 0 Å². The third-order valence-corrected chi connectivity index (χ3v) is 2.60. The van der Waals surface area contributed by atoms with Crippen LogP contribution >= 0.6 is 23.2 Å². The van der Waals surface area contributed by atoms with Crippen molar-refractivity contribution in [2.75, 3.05) is 0 Å². The van der Waals surface area contributed by atoms with Crippen LogP contribution in [0.4, 0.5) is 13.2 Å². The third kappa shape index (κ3) is 1.95. The predicted octanol–water partition coefficient (Wildman–Crippen LogP) is 2.53. The van der Waals surface area contributed by atoms with Gasteiger partial charge in [0.2, 0.25) is 0 Å². The number of aliphatic hydroxyl groups excluding tert-OH is 1. The van der Waals surface area contributed by atoms with Crippen LogP contribution in [0.25, 0.3) is 0 Å². The first-order valence-corrected chi connectivity index (χ1v) is 4.46. The largest absolute Gasteiger partial charge is 0.479 e. The van der Waals surface area contributed by atoms with Crippen molar-refractivity contribution >= 4 is 29.2 Å². The quantitative estimate of drug-likeness (QED) is 0.644. The molecule has 0 heterocycles. The van der Waals surface area contributed by atoms with E-state index in [0.717, 1.165) is 0 Å². The smallest absolute Gasteiger partial charge is 0.337 e. The summed E-state index contributed by atoms with van der Waals surface area (Å²) in [6, 6.07) is 0. The minimum absolute atomic E-state index is 0.882. The second-order valence-electron chi connectivity index (χ2n) is 2.72. The van der Waals surface area contributed by atoms with Gasteiger partial charge in [0, 0.05) is 0 Å². The first-order chi connectivity index (χ1) is 7.29. The minimum Gasteiger partial charge on any atom is -0.479 e. The number of carbonyl (C=O) groups is 1. The van der Waals surface area contributed by atoms with Crippen molar-refractivity contribution in [3.8, 4) is 0 Å². The normalized spacial score (nSPS) is 12.6. The van der Waals surface area contributed by atoms with Crippen molar-refractivity contribution in [3.63, 3.8) is 0 Å². The van der Waals surface area contributed by atoms with Gasteiger partial charge in [-0.05, 0) is 0 Å². The standard InChI is InChI=1S/C8H3Cl2F3O3/c9-2-1(7(14)8(15)16)4(11)6(13)5(12)3(2)10/h7,14H,(H,15,16). The number of hydrogen-bond acceptors (Lipinski definition) is 2. The topological polar surface area (TPSA) is 57.5 Å². The van der Waals surface area contributed by atoms with E-state index in [2.05, 4.69) is 0 Å². The van der Waals surface area contributed by atoms with Crippen molar-refractivity contribution in [2.24, 2.45) is 0 Å². The molecule has 0 amide bonds. The molecule has 0 saturated carbocycles. The molecule has 0 saturated heterocycles. The van der Waals surface area contributed by atoms with Crippen LogP contribution in [-0.4, -0.2) is 16.2 Å². The fraction of sp³-hybridized carbons (Fsp3) is 0.125. The lowest BCUT2D eigenvalue weighted by molar-refractivity contribution is -0.147. The predicted molar refractivity (Wildman–Crippen MR) is 48.9 cm³/mol. The van der Waals surface area contributed by atoms with E-state index in [-0.39, 0.29) is 0 Å². The van der Waals surface area contributed by atoms with Gasteiger partial charge in [-0.2, -0.15) is 0 Å². The number of hydrogen-bond donors (Lipinski definition) is 2. The summed E-state index contributed by atoms with van der Waals surface area (Å²) < 4.78 is 38.8. The van der Waals surface area contributed by atoms with E-state index in [9.17, 15) is 18.0 Å². The summed E-state index contributed by atoms with van der Waals surface area (Å²) in [5.74, 6) is -7.50. The summed E-state index contributed by atoms with van der Waals surface area (Å²) in [4.78, 5) is 10.4. The zero-order valence-electron chi connectivity index (χ0n) is 7.27. The van der Waals surface area contributed by atoms with Crippen molar-refractivity contribution in [1.82, 2.24) is 0 Å². The molecule has 0 aromatic heterocycles. The van der Waals surface area contributed by atoms with Crippen LogP contribution in [0.1, 0.15) is 11.7 Å². The van der Waals surface area contributed by atoms with Gasteiger partial charge in [-0.15, -0.1) is 0 Å². The maximum Gasteiger partial charge on any atom is 0.337 e. The number of carboxylic acid groups (broad SMARTS) is 1. The Morgan fingerprint density at radius 1 is 1.06 bits per heavy atom.